The molecule has 1 heterocycles. The van der Waals surface area contributed by atoms with Gasteiger partial charge in [-0.15, -0.1) is 0 Å². The highest BCUT2D eigenvalue weighted by molar-refractivity contribution is 7.85. The number of carbonyl (C=O) groups is 1. The molecule has 0 unspecified atom stereocenters. The highest BCUT2D eigenvalue weighted by atomic mass is 35.5. The fourth-order valence-corrected chi connectivity index (χ4v) is 3.10. The Labute approximate surface area is 149 Å². The molecule has 0 fully saturated rings. The third-order valence-corrected chi connectivity index (χ3v) is 5.08. The molecule has 0 aliphatic heterocycles. The van der Waals surface area contributed by atoms with Crippen LogP contribution in [0.5, 0.6) is 0 Å². The molecular formula is C15H14ClF3N2O3S. The first-order valence-corrected chi connectivity index (χ1v) is 8.81. The van der Waals surface area contributed by atoms with Gasteiger partial charge in [-0.05, 0) is 32.0 Å². The Morgan fingerprint density at radius 2 is 2.08 bits per heavy atom. The molecule has 0 saturated carbocycles. The molecule has 136 valence electrons. The number of hydrogen-bond donors (Lipinski definition) is 1. The van der Waals surface area contributed by atoms with E-state index in [4.69, 9.17) is 16.1 Å². The number of halogens is 4. The summed E-state index contributed by atoms with van der Waals surface area (Å²) in [6.07, 6.45) is -4.69. The Kier molecular flexibility index (Phi) is 5.89. The minimum Gasteiger partial charge on any atom is -0.360 e. The zero-order valence-electron chi connectivity index (χ0n) is 13.2. The number of aromatic nitrogens is 1. The van der Waals surface area contributed by atoms with Gasteiger partial charge in [-0.3, -0.25) is 9.00 Å². The molecule has 2 rings (SSSR count). The summed E-state index contributed by atoms with van der Waals surface area (Å²) in [5.41, 5.74) is -0.918. The van der Waals surface area contributed by atoms with E-state index in [1.54, 1.807) is 13.0 Å². The van der Waals surface area contributed by atoms with Gasteiger partial charge in [-0.25, -0.2) is 0 Å². The molecule has 0 saturated heterocycles. The summed E-state index contributed by atoms with van der Waals surface area (Å²) in [5, 5.41) is 4.64. The Morgan fingerprint density at radius 3 is 2.64 bits per heavy atom. The molecule has 0 aliphatic carbocycles. The lowest BCUT2D eigenvalue weighted by atomic mass is 10.1. The third kappa shape index (κ3) is 5.05. The SMILES string of the molecule is Cc1cc(C[S@](=O)[C@@H](C)C(=O)Nc2ccc(Cl)cc2C(F)(F)F)on1. The molecule has 1 aromatic carbocycles. The van der Waals surface area contributed by atoms with Gasteiger partial charge >= 0.3 is 6.18 Å². The van der Waals surface area contributed by atoms with Crippen molar-refractivity contribution in [2.24, 2.45) is 0 Å². The molecule has 1 amide bonds. The topological polar surface area (TPSA) is 72.2 Å². The van der Waals surface area contributed by atoms with Gasteiger partial charge in [0.2, 0.25) is 5.91 Å². The number of hydrogen-bond acceptors (Lipinski definition) is 4. The second-order valence-corrected chi connectivity index (χ2v) is 7.47. The van der Waals surface area contributed by atoms with Crippen LogP contribution in [-0.4, -0.2) is 20.5 Å². The van der Waals surface area contributed by atoms with Crippen molar-refractivity contribution in [1.29, 1.82) is 0 Å². The van der Waals surface area contributed by atoms with Crippen molar-refractivity contribution in [3.63, 3.8) is 0 Å². The summed E-state index contributed by atoms with van der Waals surface area (Å²) in [7, 11) is -1.69. The van der Waals surface area contributed by atoms with E-state index < -0.39 is 39.4 Å². The zero-order valence-corrected chi connectivity index (χ0v) is 14.8. The summed E-state index contributed by atoms with van der Waals surface area (Å²) < 4.78 is 56.2. The summed E-state index contributed by atoms with van der Waals surface area (Å²) >= 11 is 5.59. The maximum atomic E-state index is 13.0. The first-order valence-electron chi connectivity index (χ1n) is 7.05. The maximum absolute atomic E-state index is 13.0. The number of carbonyl (C=O) groups excluding carboxylic acids is 1. The van der Waals surface area contributed by atoms with E-state index in [0.29, 0.717) is 11.5 Å². The van der Waals surface area contributed by atoms with Crippen molar-refractivity contribution in [1.82, 2.24) is 5.16 Å². The summed E-state index contributed by atoms with van der Waals surface area (Å²) in [6, 6.07) is 4.57. The van der Waals surface area contributed by atoms with Crippen LogP contribution in [0.3, 0.4) is 0 Å². The van der Waals surface area contributed by atoms with Gasteiger partial charge in [0.25, 0.3) is 0 Å². The Hall–Kier alpha value is -1.87. The first kappa shape index (κ1) is 19.5. The van der Waals surface area contributed by atoms with E-state index in [1.165, 1.54) is 13.0 Å². The Balaban J connectivity index is 2.12. The van der Waals surface area contributed by atoms with Gasteiger partial charge in [-0.1, -0.05) is 16.8 Å². The van der Waals surface area contributed by atoms with Crippen LogP contribution >= 0.6 is 11.6 Å². The normalized spacial score (nSPS) is 14.2. The van der Waals surface area contributed by atoms with Crippen molar-refractivity contribution < 1.29 is 26.7 Å². The van der Waals surface area contributed by atoms with Crippen LogP contribution < -0.4 is 5.32 Å². The predicted molar refractivity (Wildman–Crippen MR) is 87.6 cm³/mol. The maximum Gasteiger partial charge on any atom is 0.418 e. The van der Waals surface area contributed by atoms with E-state index in [9.17, 15) is 22.2 Å². The number of anilines is 1. The van der Waals surface area contributed by atoms with Gasteiger partial charge in [0.1, 0.15) is 11.0 Å². The van der Waals surface area contributed by atoms with Gasteiger partial charge in [0.05, 0.1) is 22.7 Å². The van der Waals surface area contributed by atoms with Crippen LogP contribution in [0.15, 0.2) is 28.8 Å². The van der Waals surface area contributed by atoms with E-state index in [2.05, 4.69) is 10.5 Å². The van der Waals surface area contributed by atoms with Crippen LogP contribution in [0.25, 0.3) is 0 Å². The average Bonchev–Trinajstić information content (AvgIpc) is 2.92. The van der Waals surface area contributed by atoms with Gasteiger partial charge < -0.3 is 9.84 Å². The van der Waals surface area contributed by atoms with Crippen molar-refractivity contribution >= 4 is 34.0 Å². The van der Waals surface area contributed by atoms with Gasteiger partial charge in [-0.2, -0.15) is 13.2 Å². The minimum absolute atomic E-state index is 0.0673. The molecule has 10 heteroatoms. The third-order valence-electron chi connectivity index (χ3n) is 3.27. The largest absolute Gasteiger partial charge is 0.418 e. The molecule has 0 radical (unpaired) electrons. The van der Waals surface area contributed by atoms with Gasteiger partial charge in [0, 0.05) is 21.9 Å². The minimum atomic E-state index is -4.69. The van der Waals surface area contributed by atoms with Crippen LogP contribution in [-0.2, 0) is 27.5 Å². The molecule has 2 aromatic rings. The number of alkyl halides is 3. The van der Waals surface area contributed by atoms with Crippen LogP contribution in [0.2, 0.25) is 5.02 Å². The van der Waals surface area contributed by atoms with Gasteiger partial charge in [0.15, 0.2) is 0 Å². The van der Waals surface area contributed by atoms with Crippen molar-refractivity contribution in [2.75, 3.05) is 5.32 Å². The van der Waals surface area contributed by atoms with Crippen molar-refractivity contribution in [3.8, 4) is 0 Å². The second-order valence-electron chi connectivity index (χ2n) is 5.28. The highest BCUT2D eigenvalue weighted by Crippen LogP contribution is 2.36. The van der Waals surface area contributed by atoms with E-state index >= 15 is 0 Å². The van der Waals surface area contributed by atoms with Crippen molar-refractivity contribution in [3.05, 3.63) is 46.3 Å². The number of rotatable bonds is 5. The van der Waals surface area contributed by atoms with Crippen molar-refractivity contribution in [2.45, 2.75) is 31.0 Å². The number of benzene rings is 1. The Morgan fingerprint density at radius 1 is 1.40 bits per heavy atom. The number of amides is 1. The summed E-state index contributed by atoms with van der Waals surface area (Å²) in [4.78, 5) is 12.2. The molecule has 0 aliphatic rings. The van der Waals surface area contributed by atoms with E-state index in [-0.39, 0.29) is 10.8 Å². The molecule has 1 N–H and O–H groups in total. The molecule has 0 bridgehead atoms. The molecule has 0 spiro atoms. The molecular weight excluding hydrogens is 381 g/mol. The smallest absolute Gasteiger partial charge is 0.360 e. The fourth-order valence-electron chi connectivity index (χ4n) is 1.96. The van der Waals surface area contributed by atoms with E-state index in [1.807, 2.05) is 0 Å². The zero-order chi connectivity index (χ0) is 18.8. The quantitative estimate of drug-likeness (QED) is 0.834. The monoisotopic (exact) mass is 394 g/mol. The molecule has 1 aromatic heterocycles. The highest BCUT2D eigenvalue weighted by Gasteiger charge is 2.35. The summed E-state index contributed by atoms with van der Waals surface area (Å²) in [5.74, 6) is -0.539. The molecule has 2 atom stereocenters. The molecule has 5 nitrogen and oxygen atoms in total. The standard InChI is InChI=1S/C15H14ClF3N2O3S/c1-8-5-11(24-21-8)7-25(23)9(2)14(22)20-13-4-3-10(16)6-12(13)15(17,18)19/h3-6,9H,7H2,1-2H3,(H,20,22)/t9-,25-/m0/s1. The van der Waals surface area contributed by atoms with Crippen LogP contribution in [0, 0.1) is 6.92 Å². The van der Waals surface area contributed by atoms with Crippen LogP contribution in [0.1, 0.15) is 23.9 Å². The number of nitrogens with one attached hydrogen (secondary N) is 1. The first-order chi connectivity index (χ1) is 11.6. The van der Waals surface area contributed by atoms with E-state index in [0.717, 1.165) is 12.1 Å². The lowest BCUT2D eigenvalue weighted by Crippen LogP contribution is -2.30. The second kappa shape index (κ2) is 7.57. The lowest BCUT2D eigenvalue weighted by molar-refractivity contribution is -0.137. The van der Waals surface area contributed by atoms with Crippen LogP contribution in [0.4, 0.5) is 18.9 Å². The average molecular weight is 395 g/mol. The fraction of sp³-hybridized carbons (Fsp3) is 0.333. The Bertz CT molecular complexity index is 808. The number of nitrogens with zero attached hydrogens (tertiary/aromatic N) is 1. The summed E-state index contributed by atoms with van der Waals surface area (Å²) in [6.45, 7) is 3.04. The molecule has 25 heavy (non-hydrogen) atoms. The lowest BCUT2D eigenvalue weighted by Gasteiger charge is -2.16. The number of aryl methyl sites for hydroxylation is 1. The predicted octanol–water partition coefficient (Wildman–Crippen LogP) is 3.93.